The van der Waals surface area contributed by atoms with Crippen LogP contribution in [0.2, 0.25) is 0 Å². The van der Waals surface area contributed by atoms with E-state index in [1.807, 2.05) is 37.3 Å². The van der Waals surface area contributed by atoms with Gasteiger partial charge in [-0.1, -0.05) is 30.3 Å². The van der Waals surface area contributed by atoms with Crippen LogP contribution in [0.25, 0.3) is 0 Å². The summed E-state index contributed by atoms with van der Waals surface area (Å²) in [7, 11) is 0. The van der Waals surface area contributed by atoms with Gasteiger partial charge in [-0.3, -0.25) is 9.59 Å². The standard InChI is InChI=1S/C18H19FN2O2/c1-13(7-8-14-5-3-2-4-6-14)20-17(22)18(23)21-16-11-9-15(19)10-12-16/h2-6,9-13H,7-8H2,1H3,(H,20,22)(H,21,23)/t13-/m1/s1. The highest BCUT2D eigenvalue weighted by molar-refractivity contribution is 6.39. The van der Waals surface area contributed by atoms with E-state index in [4.69, 9.17) is 0 Å². The summed E-state index contributed by atoms with van der Waals surface area (Å²) < 4.78 is 12.8. The molecule has 0 fully saturated rings. The van der Waals surface area contributed by atoms with Crippen LogP contribution in [0.5, 0.6) is 0 Å². The topological polar surface area (TPSA) is 58.2 Å². The molecule has 1 atom stereocenters. The van der Waals surface area contributed by atoms with Crippen molar-refractivity contribution in [2.45, 2.75) is 25.8 Å². The van der Waals surface area contributed by atoms with E-state index in [0.717, 1.165) is 12.8 Å². The van der Waals surface area contributed by atoms with Crippen LogP contribution in [0.15, 0.2) is 54.6 Å². The lowest BCUT2D eigenvalue weighted by atomic mass is 10.1. The maximum absolute atomic E-state index is 12.8. The van der Waals surface area contributed by atoms with Gasteiger partial charge in [0.25, 0.3) is 0 Å². The Morgan fingerprint density at radius 2 is 1.65 bits per heavy atom. The molecule has 2 aromatic carbocycles. The second kappa shape index (κ2) is 8.08. The minimum atomic E-state index is -0.761. The lowest BCUT2D eigenvalue weighted by molar-refractivity contribution is -0.136. The number of rotatable bonds is 5. The fourth-order valence-electron chi connectivity index (χ4n) is 2.11. The summed E-state index contributed by atoms with van der Waals surface area (Å²) in [4.78, 5) is 23.6. The summed E-state index contributed by atoms with van der Waals surface area (Å²) in [6, 6.07) is 15.1. The lowest BCUT2D eigenvalue weighted by Crippen LogP contribution is -2.40. The molecule has 0 saturated heterocycles. The van der Waals surface area contributed by atoms with Crippen molar-refractivity contribution >= 4 is 17.5 Å². The van der Waals surface area contributed by atoms with Crippen LogP contribution in [0.4, 0.5) is 10.1 Å². The molecule has 0 aliphatic heterocycles. The first-order valence-electron chi connectivity index (χ1n) is 7.46. The van der Waals surface area contributed by atoms with Crippen molar-refractivity contribution in [1.82, 2.24) is 5.32 Å². The van der Waals surface area contributed by atoms with E-state index in [1.165, 1.54) is 29.8 Å². The van der Waals surface area contributed by atoms with E-state index < -0.39 is 17.6 Å². The zero-order valence-electron chi connectivity index (χ0n) is 12.9. The normalized spacial score (nSPS) is 11.6. The van der Waals surface area contributed by atoms with Gasteiger partial charge >= 0.3 is 11.8 Å². The highest BCUT2D eigenvalue weighted by Gasteiger charge is 2.16. The van der Waals surface area contributed by atoms with Crippen LogP contribution in [-0.2, 0) is 16.0 Å². The number of benzene rings is 2. The summed E-state index contributed by atoms with van der Waals surface area (Å²) in [6.07, 6.45) is 1.56. The van der Waals surface area contributed by atoms with Crippen LogP contribution in [-0.4, -0.2) is 17.9 Å². The van der Waals surface area contributed by atoms with Gasteiger partial charge in [0.05, 0.1) is 0 Å². The number of hydrogen-bond acceptors (Lipinski definition) is 2. The Bertz CT molecular complexity index is 656. The molecule has 5 heteroatoms. The summed E-state index contributed by atoms with van der Waals surface area (Å²) in [5.41, 5.74) is 1.56. The molecule has 0 aliphatic rings. The predicted octanol–water partition coefficient (Wildman–Crippen LogP) is 2.90. The van der Waals surface area contributed by atoms with E-state index in [0.29, 0.717) is 5.69 Å². The molecule has 4 nitrogen and oxygen atoms in total. The monoisotopic (exact) mass is 314 g/mol. The molecule has 2 aromatic rings. The first kappa shape index (κ1) is 16.7. The fourth-order valence-corrected chi connectivity index (χ4v) is 2.11. The average Bonchev–Trinajstić information content (AvgIpc) is 2.56. The molecule has 0 aliphatic carbocycles. The molecule has 2 amide bonds. The zero-order valence-corrected chi connectivity index (χ0v) is 12.9. The lowest BCUT2D eigenvalue weighted by Gasteiger charge is -2.13. The van der Waals surface area contributed by atoms with Crippen LogP contribution < -0.4 is 10.6 Å². The Kier molecular flexibility index (Phi) is 5.86. The molecule has 0 heterocycles. The van der Waals surface area contributed by atoms with Crippen LogP contribution in [0.1, 0.15) is 18.9 Å². The van der Waals surface area contributed by atoms with Crippen LogP contribution in [0, 0.1) is 5.82 Å². The van der Waals surface area contributed by atoms with E-state index in [1.54, 1.807) is 0 Å². The zero-order chi connectivity index (χ0) is 16.7. The quantitative estimate of drug-likeness (QED) is 0.834. The molecule has 23 heavy (non-hydrogen) atoms. The maximum atomic E-state index is 12.8. The third kappa shape index (κ3) is 5.54. The fraction of sp³-hybridized carbons (Fsp3) is 0.222. The summed E-state index contributed by atoms with van der Waals surface area (Å²) in [6.45, 7) is 1.85. The molecule has 0 bridgehead atoms. The van der Waals surface area contributed by atoms with Crippen molar-refractivity contribution < 1.29 is 14.0 Å². The molecule has 0 saturated carbocycles. The molecule has 2 N–H and O–H groups in total. The van der Waals surface area contributed by atoms with Crippen molar-refractivity contribution in [2.75, 3.05) is 5.32 Å². The molecule has 0 spiro atoms. The molecular formula is C18H19FN2O2. The number of amides is 2. The van der Waals surface area contributed by atoms with Gasteiger partial charge in [-0.15, -0.1) is 0 Å². The number of carbonyl (C=O) groups is 2. The van der Waals surface area contributed by atoms with Crippen molar-refractivity contribution in [1.29, 1.82) is 0 Å². The van der Waals surface area contributed by atoms with Crippen LogP contribution in [0.3, 0.4) is 0 Å². The second-order valence-electron chi connectivity index (χ2n) is 5.36. The Morgan fingerprint density at radius 1 is 1.00 bits per heavy atom. The van der Waals surface area contributed by atoms with Gasteiger partial charge in [-0.2, -0.15) is 0 Å². The number of anilines is 1. The minimum Gasteiger partial charge on any atom is -0.345 e. The van der Waals surface area contributed by atoms with E-state index in [2.05, 4.69) is 10.6 Å². The van der Waals surface area contributed by atoms with Crippen molar-refractivity contribution in [3.8, 4) is 0 Å². The summed E-state index contributed by atoms with van der Waals surface area (Å²) in [5, 5.41) is 5.09. The second-order valence-corrected chi connectivity index (χ2v) is 5.36. The Morgan fingerprint density at radius 3 is 2.30 bits per heavy atom. The third-order valence-corrected chi connectivity index (χ3v) is 3.39. The SMILES string of the molecule is C[C@H](CCc1ccccc1)NC(=O)C(=O)Nc1ccc(F)cc1. The van der Waals surface area contributed by atoms with Gasteiger partial charge in [-0.05, 0) is 49.6 Å². The van der Waals surface area contributed by atoms with Gasteiger partial charge in [0.1, 0.15) is 5.82 Å². The first-order chi connectivity index (χ1) is 11.0. The molecule has 0 radical (unpaired) electrons. The Labute approximate surface area is 134 Å². The molecule has 0 unspecified atom stereocenters. The predicted molar refractivity (Wildman–Crippen MR) is 87.4 cm³/mol. The van der Waals surface area contributed by atoms with Gasteiger partial charge in [0.2, 0.25) is 0 Å². The maximum Gasteiger partial charge on any atom is 0.313 e. The van der Waals surface area contributed by atoms with Crippen molar-refractivity contribution in [3.63, 3.8) is 0 Å². The highest BCUT2D eigenvalue weighted by Crippen LogP contribution is 2.08. The average molecular weight is 314 g/mol. The number of nitrogens with one attached hydrogen (secondary N) is 2. The number of aryl methyl sites for hydroxylation is 1. The molecule has 2 rings (SSSR count). The minimum absolute atomic E-state index is 0.123. The molecular weight excluding hydrogens is 295 g/mol. The smallest absolute Gasteiger partial charge is 0.313 e. The summed E-state index contributed by atoms with van der Waals surface area (Å²) >= 11 is 0. The Hall–Kier alpha value is -2.69. The molecule has 120 valence electrons. The first-order valence-corrected chi connectivity index (χ1v) is 7.46. The largest absolute Gasteiger partial charge is 0.345 e. The van der Waals surface area contributed by atoms with Crippen molar-refractivity contribution in [3.05, 3.63) is 66.0 Å². The highest BCUT2D eigenvalue weighted by atomic mass is 19.1. The number of carbonyl (C=O) groups excluding carboxylic acids is 2. The molecule has 0 aromatic heterocycles. The number of hydrogen-bond donors (Lipinski definition) is 2. The van der Waals surface area contributed by atoms with Gasteiger partial charge in [0.15, 0.2) is 0 Å². The third-order valence-electron chi connectivity index (χ3n) is 3.39. The van der Waals surface area contributed by atoms with Crippen molar-refractivity contribution in [2.24, 2.45) is 0 Å². The van der Waals surface area contributed by atoms with Crippen LogP contribution >= 0.6 is 0 Å². The summed E-state index contributed by atoms with van der Waals surface area (Å²) in [5.74, 6) is -1.86. The number of halogens is 1. The van der Waals surface area contributed by atoms with E-state index in [9.17, 15) is 14.0 Å². The Balaban J connectivity index is 1.78. The van der Waals surface area contributed by atoms with Gasteiger partial charge in [0, 0.05) is 11.7 Å². The van der Waals surface area contributed by atoms with E-state index >= 15 is 0 Å². The van der Waals surface area contributed by atoms with Gasteiger partial charge in [-0.25, -0.2) is 4.39 Å². The van der Waals surface area contributed by atoms with Gasteiger partial charge < -0.3 is 10.6 Å². The van der Waals surface area contributed by atoms with E-state index in [-0.39, 0.29) is 6.04 Å².